The van der Waals surface area contributed by atoms with Crippen molar-refractivity contribution in [1.29, 1.82) is 0 Å². The average Bonchev–Trinajstić information content (AvgIpc) is 3.67. The number of aryl methyl sites for hydroxylation is 1. The smallest absolute Gasteiger partial charge is 0.404 e. The molecule has 2 aromatic carbocycles. The van der Waals surface area contributed by atoms with Gasteiger partial charge in [0, 0.05) is 24.5 Å². The van der Waals surface area contributed by atoms with E-state index in [0.29, 0.717) is 24.4 Å². The molecule has 0 saturated heterocycles. The van der Waals surface area contributed by atoms with Crippen LogP contribution in [0, 0.1) is 0 Å². The average molecular weight is 487 g/mol. The molecule has 12 heteroatoms. The first-order chi connectivity index (χ1) is 16.8. The molecule has 184 valence electrons. The van der Waals surface area contributed by atoms with Gasteiger partial charge in [-0.3, -0.25) is 9.36 Å². The van der Waals surface area contributed by atoms with Gasteiger partial charge in [-0.25, -0.2) is 10.8 Å². The van der Waals surface area contributed by atoms with Crippen molar-refractivity contribution in [3.63, 3.8) is 0 Å². The molecular formula is C23H24F3N7O2. The summed E-state index contributed by atoms with van der Waals surface area (Å²) in [5.41, 5.74) is 4.17. The van der Waals surface area contributed by atoms with E-state index in [0.717, 1.165) is 24.0 Å². The Morgan fingerprint density at radius 2 is 1.94 bits per heavy atom. The van der Waals surface area contributed by atoms with Gasteiger partial charge in [0.25, 0.3) is 5.56 Å². The first-order valence-electron chi connectivity index (χ1n) is 10.8. The third kappa shape index (κ3) is 6.09. The van der Waals surface area contributed by atoms with Gasteiger partial charge < -0.3 is 21.3 Å². The number of alkyl halides is 3. The van der Waals surface area contributed by atoms with Crippen molar-refractivity contribution in [3.8, 4) is 11.4 Å². The highest BCUT2D eigenvalue weighted by Gasteiger charge is 2.33. The zero-order chi connectivity index (χ0) is 25.0. The van der Waals surface area contributed by atoms with E-state index in [1.807, 2.05) is 12.1 Å². The number of amidine groups is 1. The Labute approximate surface area is 198 Å². The van der Waals surface area contributed by atoms with E-state index >= 15 is 0 Å². The van der Waals surface area contributed by atoms with Gasteiger partial charge in [0.05, 0.1) is 5.69 Å². The maximum atomic E-state index is 13.1. The predicted molar refractivity (Wildman–Crippen MR) is 125 cm³/mol. The minimum absolute atomic E-state index is 0.00434. The Hall–Kier alpha value is -4.06. The van der Waals surface area contributed by atoms with Crippen LogP contribution in [0.25, 0.3) is 5.69 Å². The zero-order valence-corrected chi connectivity index (χ0v) is 18.5. The summed E-state index contributed by atoms with van der Waals surface area (Å²) in [6.45, 7) is 0. The topological polar surface area (TPSA) is 133 Å². The summed E-state index contributed by atoms with van der Waals surface area (Å²) in [4.78, 5) is 17.1. The first-order valence-corrected chi connectivity index (χ1v) is 10.8. The number of ether oxygens (including phenoxy) is 1. The van der Waals surface area contributed by atoms with Crippen molar-refractivity contribution in [2.75, 3.05) is 5.32 Å². The lowest BCUT2D eigenvalue weighted by Crippen LogP contribution is -2.31. The van der Waals surface area contributed by atoms with Crippen molar-refractivity contribution >= 4 is 17.3 Å². The number of hydrogen-bond donors (Lipinski definition) is 4. The number of anilines is 2. The van der Waals surface area contributed by atoms with Crippen LogP contribution in [0.4, 0.5) is 24.7 Å². The molecule has 0 atom stereocenters. The number of nitrogens with two attached hydrogens (primary N) is 2. The van der Waals surface area contributed by atoms with Crippen molar-refractivity contribution in [1.82, 2.24) is 15.0 Å². The van der Waals surface area contributed by atoms with E-state index in [1.165, 1.54) is 29.1 Å². The van der Waals surface area contributed by atoms with Crippen LogP contribution in [0.15, 0.2) is 64.8 Å². The molecule has 0 amide bonds. The zero-order valence-electron chi connectivity index (χ0n) is 18.5. The molecule has 4 rings (SSSR count). The Morgan fingerprint density at radius 3 is 2.57 bits per heavy atom. The monoisotopic (exact) mass is 487 g/mol. The summed E-state index contributed by atoms with van der Waals surface area (Å²) in [6.07, 6.45) is 0.971. The summed E-state index contributed by atoms with van der Waals surface area (Å²) in [5.74, 6) is 10.7. The molecule has 3 aromatic rings. The van der Waals surface area contributed by atoms with E-state index in [9.17, 15) is 18.0 Å². The standard InChI is InChI=1S/C23H24F3N7O2/c24-23(25,26)35-19-13-16(15-4-5-15)6-9-18(19)30-21-22(34)33(12-11-29-21)17-7-1-14(2-8-17)3-10-20(31-27)32-28/h1-2,6-9,11-13,15H,3-5,10,27-28H2,(H,29,30)(H,31,32). The van der Waals surface area contributed by atoms with Crippen LogP contribution in [0.3, 0.4) is 0 Å². The van der Waals surface area contributed by atoms with Gasteiger partial charge in [-0.05, 0) is 60.6 Å². The summed E-state index contributed by atoms with van der Waals surface area (Å²) < 4.78 is 44.5. The summed E-state index contributed by atoms with van der Waals surface area (Å²) in [5, 5.41) is 6.24. The van der Waals surface area contributed by atoms with Gasteiger partial charge in [-0.1, -0.05) is 18.2 Å². The lowest BCUT2D eigenvalue weighted by Gasteiger charge is -2.16. The number of halogens is 3. The molecule has 6 N–H and O–H groups in total. The maximum absolute atomic E-state index is 13.1. The molecule has 35 heavy (non-hydrogen) atoms. The van der Waals surface area contributed by atoms with Gasteiger partial charge >= 0.3 is 6.36 Å². The molecule has 1 aliphatic carbocycles. The largest absolute Gasteiger partial charge is 0.573 e. The molecule has 1 saturated carbocycles. The second kappa shape index (κ2) is 10.1. The highest BCUT2D eigenvalue weighted by Crippen LogP contribution is 2.43. The van der Waals surface area contributed by atoms with Crippen molar-refractivity contribution < 1.29 is 17.9 Å². The number of hydrazone groups is 1. The normalized spacial score (nSPS) is 14.0. The van der Waals surface area contributed by atoms with Crippen LogP contribution >= 0.6 is 0 Å². The second-order valence-corrected chi connectivity index (χ2v) is 8.04. The fourth-order valence-corrected chi connectivity index (χ4v) is 3.61. The van der Waals surface area contributed by atoms with Gasteiger partial charge in [0.15, 0.2) is 11.6 Å². The van der Waals surface area contributed by atoms with Crippen LogP contribution in [0.5, 0.6) is 5.75 Å². The molecule has 1 fully saturated rings. The molecule has 0 radical (unpaired) electrons. The Bertz CT molecular complexity index is 1270. The number of hydrazine groups is 1. The highest BCUT2D eigenvalue weighted by molar-refractivity contribution is 5.81. The quantitative estimate of drug-likeness (QED) is 0.166. The Balaban J connectivity index is 1.57. The maximum Gasteiger partial charge on any atom is 0.573 e. The third-order valence-electron chi connectivity index (χ3n) is 5.56. The van der Waals surface area contributed by atoms with Gasteiger partial charge in [-0.2, -0.15) is 5.10 Å². The summed E-state index contributed by atoms with van der Waals surface area (Å²) in [6, 6.07) is 11.7. The number of benzene rings is 2. The number of hydrogen-bond acceptors (Lipinski definition) is 7. The number of nitrogens with one attached hydrogen (secondary N) is 2. The molecule has 0 spiro atoms. The number of aromatic nitrogens is 2. The summed E-state index contributed by atoms with van der Waals surface area (Å²) >= 11 is 0. The minimum atomic E-state index is -4.87. The van der Waals surface area contributed by atoms with Gasteiger partial charge in [0.1, 0.15) is 5.84 Å². The predicted octanol–water partition coefficient (Wildman–Crippen LogP) is 3.42. The molecule has 0 unspecified atom stereocenters. The first kappa shape index (κ1) is 24.1. The SMILES string of the molecule is N/N=C(/CCc1ccc(-n2ccnc(Nc3ccc(C4CC4)cc3OC(F)(F)F)c2=O)cc1)NN. The lowest BCUT2D eigenvalue weighted by molar-refractivity contribution is -0.274. The number of nitrogens with zero attached hydrogens (tertiary/aromatic N) is 3. The molecule has 1 aliphatic rings. The van der Waals surface area contributed by atoms with E-state index in [-0.39, 0.29) is 17.4 Å². The molecule has 0 bridgehead atoms. The third-order valence-corrected chi connectivity index (χ3v) is 5.56. The van der Waals surface area contributed by atoms with E-state index in [4.69, 9.17) is 11.7 Å². The molecule has 1 aromatic heterocycles. The van der Waals surface area contributed by atoms with Gasteiger partial charge in [0.2, 0.25) is 0 Å². The van der Waals surface area contributed by atoms with Crippen LogP contribution in [-0.4, -0.2) is 21.7 Å². The van der Waals surface area contributed by atoms with Crippen LogP contribution in [0.1, 0.15) is 36.3 Å². The Kier molecular flexibility index (Phi) is 6.92. The molecular weight excluding hydrogens is 463 g/mol. The summed E-state index contributed by atoms with van der Waals surface area (Å²) in [7, 11) is 0. The highest BCUT2D eigenvalue weighted by atomic mass is 19.4. The van der Waals surface area contributed by atoms with Crippen molar-refractivity contribution in [2.24, 2.45) is 16.8 Å². The van der Waals surface area contributed by atoms with E-state index < -0.39 is 17.7 Å². The molecule has 9 nitrogen and oxygen atoms in total. The van der Waals surface area contributed by atoms with Crippen molar-refractivity contribution in [2.45, 2.75) is 38.0 Å². The lowest BCUT2D eigenvalue weighted by atomic mass is 10.1. The fourth-order valence-electron chi connectivity index (χ4n) is 3.61. The molecule has 1 heterocycles. The molecule has 0 aliphatic heterocycles. The van der Waals surface area contributed by atoms with Crippen LogP contribution in [0.2, 0.25) is 0 Å². The van der Waals surface area contributed by atoms with E-state index in [1.54, 1.807) is 18.2 Å². The van der Waals surface area contributed by atoms with Gasteiger partial charge in [-0.15, -0.1) is 13.2 Å². The van der Waals surface area contributed by atoms with Crippen molar-refractivity contribution in [3.05, 3.63) is 76.3 Å². The van der Waals surface area contributed by atoms with Crippen LogP contribution < -0.4 is 32.7 Å². The number of rotatable bonds is 8. The minimum Gasteiger partial charge on any atom is -0.404 e. The Morgan fingerprint density at radius 1 is 1.20 bits per heavy atom. The van der Waals surface area contributed by atoms with Crippen LogP contribution in [-0.2, 0) is 6.42 Å². The fraction of sp³-hybridized carbons (Fsp3) is 0.261. The van der Waals surface area contributed by atoms with E-state index in [2.05, 4.69) is 25.6 Å². The second-order valence-electron chi connectivity index (χ2n) is 8.04.